The van der Waals surface area contributed by atoms with Gasteiger partial charge < -0.3 is 4.57 Å². The van der Waals surface area contributed by atoms with Gasteiger partial charge in [-0.15, -0.1) is 0 Å². The van der Waals surface area contributed by atoms with E-state index in [4.69, 9.17) is 15.0 Å². The summed E-state index contributed by atoms with van der Waals surface area (Å²) < 4.78 is 2.44. The Morgan fingerprint density at radius 1 is 0.333 bits per heavy atom. The van der Waals surface area contributed by atoms with Crippen LogP contribution in [0, 0.1) is 0 Å². The van der Waals surface area contributed by atoms with Crippen LogP contribution >= 0.6 is 0 Å². The van der Waals surface area contributed by atoms with E-state index in [2.05, 4.69) is 187 Å². The van der Waals surface area contributed by atoms with Crippen LogP contribution in [0.2, 0.25) is 0 Å². The number of hydrogen-bond acceptors (Lipinski definition) is 3. The van der Waals surface area contributed by atoms with Gasteiger partial charge in [-0.1, -0.05) is 170 Å². The highest BCUT2D eigenvalue weighted by atomic mass is 15.0. The summed E-state index contributed by atoms with van der Waals surface area (Å²) in [5.41, 5.74) is 13.5. The van der Waals surface area contributed by atoms with E-state index in [9.17, 15) is 0 Å². The zero-order valence-electron chi connectivity index (χ0n) is 30.9. The lowest BCUT2D eigenvalue weighted by molar-refractivity contribution is 1.18. The van der Waals surface area contributed by atoms with Gasteiger partial charge in [0.05, 0.1) is 33.6 Å². The maximum absolute atomic E-state index is 5.27. The average Bonchev–Trinajstić information content (AvgIpc) is 3.62. The first-order valence-electron chi connectivity index (χ1n) is 19.3. The van der Waals surface area contributed by atoms with Crippen LogP contribution in [-0.4, -0.2) is 19.5 Å². The molecule has 0 amide bonds. The summed E-state index contributed by atoms with van der Waals surface area (Å²) in [6, 6.07) is 72.6. The predicted molar refractivity (Wildman–Crippen MR) is 236 cm³/mol. The zero-order chi connectivity index (χ0) is 37.7. The van der Waals surface area contributed by atoms with Gasteiger partial charge in [0.1, 0.15) is 0 Å². The average molecular weight is 727 g/mol. The molecular weight excluding hydrogens is 693 g/mol. The van der Waals surface area contributed by atoms with Crippen molar-refractivity contribution in [3.05, 3.63) is 206 Å². The van der Waals surface area contributed by atoms with Crippen molar-refractivity contribution in [3.63, 3.8) is 0 Å². The second kappa shape index (κ2) is 13.6. The number of hydrogen-bond donors (Lipinski definition) is 0. The number of nitrogens with zero attached hydrogens (tertiary/aromatic N) is 4. The monoisotopic (exact) mass is 726 g/mol. The van der Waals surface area contributed by atoms with Crippen LogP contribution in [0.4, 0.5) is 0 Å². The lowest BCUT2D eigenvalue weighted by Crippen LogP contribution is -1.98. The fourth-order valence-corrected chi connectivity index (χ4v) is 8.39. The standard InChI is InChI=1S/C53H34N4/c1-5-18-35(19-6-1)48-34-49(56-53(55-48)37-22-9-3-10-23-37)40-27-14-13-26-39(40)42-29-17-30-43-45-32-46-44(33-50(45)57(52(42)43)38-24-11-4-12-25-38)41-28-15-16-31-47(41)54-51(46)36-20-7-2-8-21-36/h1-34H. The van der Waals surface area contributed by atoms with Gasteiger partial charge in [-0.3, -0.25) is 0 Å². The Balaban J connectivity index is 1.22. The maximum atomic E-state index is 5.27. The first-order chi connectivity index (χ1) is 28.3. The Hall–Kier alpha value is -7.69. The lowest BCUT2D eigenvalue weighted by Gasteiger charge is -2.16. The Kier molecular flexibility index (Phi) is 7.78. The normalized spacial score (nSPS) is 11.5. The molecule has 57 heavy (non-hydrogen) atoms. The summed E-state index contributed by atoms with van der Waals surface area (Å²) in [7, 11) is 0. The fraction of sp³-hybridized carbons (Fsp3) is 0. The molecule has 3 heterocycles. The molecule has 11 rings (SSSR count). The Morgan fingerprint density at radius 3 is 1.67 bits per heavy atom. The van der Waals surface area contributed by atoms with Crippen LogP contribution in [0.1, 0.15) is 0 Å². The summed E-state index contributed by atoms with van der Waals surface area (Å²) in [6.07, 6.45) is 0. The minimum atomic E-state index is 0.695. The molecule has 0 saturated heterocycles. The molecule has 0 bridgehead atoms. The molecular formula is C53H34N4. The van der Waals surface area contributed by atoms with Crippen molar-refractivity contribution in [2.75, 3.05) is 0 Å². The minimum absolute atomic E-state index is 0.695. The molecule has 0 atom stereocenters. The molecule has 0 aliphatic carbocycles. The molecule has 11 aromatic rings. The van der Waals surface area contributed by atoms with Crippen molar-refractivity contribution in [2.45, 2.75) is 0 Å². The largest absolute Gasteiger partial charge is 0.309 e. The smallest absolute Gasteiger partial charge is 0.160 e. The fourth-order valence-electron chi connectivity index (χ4n) is 8.39. The lowest BCUT2D eigenvalue weighted by atomic mass is 9.94. The van der Waals surface area contributed by atoms with Crippen LogP contribution in [0.15, 0.2) is 206 Å². The van der Waals surface area contributed by atoms with Crippen molar-refractivity contribution in [1.29, 1.82) is 0 Å². The number of aromatic nitrogens is 4. The van der Waals surface area contributed by atoms with Gasteiger partial charge in [0.2, 0.25) is 0 Å². The van der Waals surface area contributed by atoms with E-state index >= 15 is 0 Å². The van der Waals surface area contributed by atoms with Crippen molar-refractivity contribution in [3.8, 4) is 62.0 Å². The zero-order valence-corrected chi connectivity index (χ0v) is 30.9. The van der Waals surface area contributed by atoms with Gasteiger partial charge in [-0.2, -0.15) is 0 Å². The summed E-state index contributed by atoms with van der Waals surface area (Å²) in [4.78, 5) is 15.6. The van der Waals surface area contributed by atoms with Gasteiger partial charge in [0.15, 0.2) is 5.82 Å². The first-order valence-corrected chi connectivity index (χ1v) is 19.3. The van der Waals surface area contributed by atoms with Gasteiger partial charge in [-0.25, -0.2) is 15.0 Å². The molecule has 0 saturated carbocycles. The topological polar surface area (TPSA) is 43.6 Å². The van der Waals surface area contributed by atoms with Gasteiger partial charge >= 0.3 is 0 Å². The van der Waals surface area contributed by atoms with Crippen molar-refractivity contribution in [2.24, 2.45) is 0 Å². The quantitative estimate of drug-likeness (QED) is 0.160. The number of benzene rings is 8. The second-order valence-corrected chi connectivity index (χ2v) is 14.4. The highest BCUT2D eigenvalue weighted by Crippen LogP contribution is 2.44. The summed E-state index contributed by atoms with van der Waals surface area (Å²) in [5, 5.41) is 5.80. The summed E-state index contributed by atoms with van der Waals surface area (Å²) in [6.45, 7) is 0. The van der Waals surface area contributed by atoms with E-state index in [0.717, 1.165) is 83.5 Å². The molecule has 0 aliphatic rings. The molecule has 0 spiro atoms. The molecule has 0 unspecified atom stereocenters. The summed E-state index contributed by atoms with van der Waals surface area (Å²) in [5.74, 6) is 0.695. The predicted octanol–water partition coefficient (Wildman–Crippen LogP) is 13.6. The van der Waals surface area contributed by atoms with Crippen molar-refractivity contribution in [1.82, 2.24) is 19.5 Å². The van der Waals surface area contributed by atoms with E-state index in [-0.39, 0.29) is 0 Å². The third-order valence-corrected chi connectivity index (χ3v) is 11.0. The second-order valence-electron chi connectivity index (χ2n) is 14.4. The Morgan fingerprint density at radius 2 is 0.912 bits per heavy atom. The van der Waals surface area contributed by atoms with Gasteiger partial charge in [0.25, 0.3) is 0 Å². The molecule has 0 aliphatic heterocycles. The first kappa shape index (κ1) is 32.7. The highest BCUT2D eigenvalue weighted by Gasteiger charge is 2.22. The molecule has 4 heteroatoms. The molecule has 8 aromatic carbocycles. The van der Waals surface area contributed by atoms with E-state index in [1.165, 1.54) is 16.2 Å². The van der Waals surface area contributed by atoms with Gasteiger partial charge in [-0.05, 0) is 47.3 Å². The molecule has 0 fully saturated rings. The molecule has 0 N–H and O–H groups in total. The Bertz CT molecular complexity index is 3210. The third-order valence-electron chi connectivity index (χ3n) is 11.0. The molecule has 266 valence electrons. The van der Waals surface area contributed by atoms with Crippen LogP contribution in [-0.2, 0) is 0 Å². The number of para-hydroxylation sites is 3. The minimum Gasteiger partial charge on any atom is -0.309 e. The molecule has 4 nitrogen and oxygen atoms in total. The SMILES string of the molecule is c1ccc(-c2cc(-c3ccccc3-c3cccc4c5cc6c(-c7ccccc7)nc7ccccc7c6cc5n(-c5ccccc5)c34)nc(-c3ccccc3)n2)cc1. The van der Waals surface area contributed by atoms with Crippen molar-refractivity contribution >= 4 is 43.5 Å². The third kappa shape index (κ3) is 5.58. The number of fused-ring (bicyclic) bond motifs is 6. The molecule has 3 aromatic heterocycles. The highest BCUT2D eigenvalue weighted by molar-refractivity contribution is 6.22. The number of rotatable bonds is 6. The van der Waals surface area contributed by atoms with E-state index in [1.807, 2.05) is 24.3 Å². The number of pyridine rings is 1. The van der Waals surface area contributed by atoms with E-state index in [1.54, 1.807) is 0 Å². The van der Waals surface area contributed by atoms with Crippen LogP contribution in [0.25, 0.3) is 105 Å². The maximum Gasteiger partial charge on any atom is 0.160 e. The summed E-state index contributed by atoms with van der Waals surface area (Å²) >= 11 is 0. The van der Waals surface area contributed by atoms with E-state index < -0.39 is 0 Å². The van der Waals surface area contributed by atoms with Crippen molar-refractivity contribution < 1.29 is 0 Å². The van der Waals surface area contributed by atoms with Crippen LogP contribution in [0.3, 0.4) is 0 Å². The van der Waals surface area contributed by atoms with E-state index in [0.29, 0.717) is 5.82 Å². The van der Waals surface area contributed by atoms with Crippen LogP contribution < -0.4 is 0 Å². The van der Waals surface area contributed by atoms with Gasteiger partial charge in [0, 0.05) is 55.0 Å². The molecule has 0 radical (unpaired) electrons. The van der Waals surface area contributed by atoms with Crippen LogP contribution in [0.5, 0.6) is 0 Å². The Labute approximate surface area is 330 Å².